The molecule has 0 spiro atoms. The Morgan fingerprint density at radius 3 is 2.74 bits per heavy atom. The van der Waals surface area contributed by atoms with Crippen molar-refractivity contribution in [2.24, 2.45) is 0 Å². The molecule has 0 saturated carbocycles. The fourth-order valence-electron chi connectivity index (χ4n) is 3.51. The number of fused-ring (bicyclic) bond motifs is 1. The molecule has 0 bridgehead atoms. The molecule has 10 heteroatoms. The number of hydrogen-bond donors (Lipinski definition) is 1. The smallest absolute Gasteiger partial charge is 0.274 e. The van der Waals surface area contributed by atoms with Crippen LogP contribution in [-0.2, 0) is 11.3 Å². The molecule has 172 valence electrons. The van der Waals surface area contributed by atoms with Crippen molar-refractivity contribution in [2.45, 2.75) is 18.6 Å². The van der Waals surface area contributed by atoms with Crippen molar-refractivity contribution in [3.05, 3.63) is 92.6 Å². The minimum atomic E-state index is -0.489. The molecule has 1 N–H and O–H groups in total. The van der Waals surface area contributed by atoms with Gasteiger partial charge in [-0.15, -0.1) is 17.9 Å². The van der Waals surface area contributed by atoms with E-state index in [1.54, 1.807) is 19.1 Å². The predicted molar refractivity (Wildman–Crippen MR) is 137 cm³/mol. The van der Waals surface area contributed by atoms with Gasteiger partial charge in [-0.25, -0.2) is 4.98 Å². The molecule has 0 aliphatic rings. The molecule has 0 fully saturated rings. The van der Waals surface area contributed by atoms with Crippen LogP contribution in [0.2, 0.25) is 0 Å². The van der Waals surface area contributed by atoms with Crippen molar-refractivity contribution >= 4 is 50.6 Å². The van der Waals surface area contributed by atoms with Crippen molar-refractivity contribution in [3.63, 3.8) is 0 Å². The van der Waals surface area contributed by atoms with Crippen LogP contribution in [0.15, 0.2) is 76.5 Å². The van der Waals surface area contributed by atoms with Gasteiger partial charge < -0.3 is 5.32 Å². The molecule has 4 aromatic rings. The number of anilines is 1. The van der Waals surface area contributed by atoms with Gasteiger partial charge in [0.05, 0.1) is 27.3 Å². The van der Waals surface area contributed by atoms with Crippen molar-refractivity contribution in [1.29, 1.82) is 0 Å². The number of nitrogens with one attached hydrogen (secondary N) is 1. The number of nitro groups is 1. The number of amides is 1. The summed E-state index contributed by atoms with van der Waals surface area (Å²) in [4.78, 5) is 41.9. The van der Waals surface area contributed by atoms with Crippen LogP contribution in [0.5, 0.6) is 0 Å². The lowest BCUT2D eigenvalue weighted by molar-refractivity contribution is -0.385. The Bertz CT molecular complexity index is 1460. The quantitative estimate of drug-likeness (QED) is 0.118. The van der Waals surface area contributed by atoms with Gasteiger partial charge >= 0.3 is 0 Å². The van der Waals surface area contributed by atoms with E-state index in [1.165, 1.54) is 28.0 Å². The maximum atomic E-state index is 13.4. The van der Waals surface area contributed by atoms with E-state index < -0.39 is 4.92 Å². The van der Waals surface area contributed by atoms with Gasteiger partial charge in [0.25, 0.3) is 11.2 Å². The van der Waals surface area contributed by atoms with Crippen LogP contribution >= 0.6 is 23.1 Å². The SMILES string of the molecule is C=CCn1c(SCC(=O)Nc2cccc([N+](=O)[O-])c2C)nc2scc(-c3ccccc3)c2c1=O. The number of rotatable bonds is 8. The first-order valence-corrected chi connectivity index (χ1v) is 12.1. The van der Waals surface area contributed by atoms with E-state index in [9.17, 15) is 19.7 Å². The molecule has 0 saturated heterocycles. The van der Waals surface area contributed by atoms with Crippen LogP contribution in [0.25, 0.3) is 21.3 Å². The molecule has 0 atom stereocenters. The first-order chi connectivity index (χ1) is 16.4. The zero-order chi connectivity index (χ0) is 24.2. The minimum Gasteiger partial charge on any atom is -0.325 e. The normalized spacial score (nSPS) is 10.9. The maximum absolute atomic E-state index is 13.4. The molecule has 0 aliphatic carbocycles. The van der Waals surface area contributed by atoms with Crippen LogP contribution < -0.4 is 10.9 Å². The third kappa shape index (κ3) is 4.63. The van der Waals surface area contributed by atoms with Crippen molar-refractivity contribution < 1.29 is 9.72 Å². The topological polar surface area (TPSA) is 107 Å². The van der Waals surface area contributed by atoms with Gasteiger partial charge in [-0.05, 0) is 18.6 Å². The van der Waals surface area contributed by atoms with Gasteiger partial charge in [0, 0.05) is 23.6 Å². The molecule has 2 aromatic heterocycles. The molecule has 4 rings (SSSR count). The van der Waals surface area contributed by atoms with Crippen LogP contribution in [-0.4, -0.2) is 26.1 Å². The zero-order valence-electron chi connectivity index (χ0n) is 18.2. The zero-order valence-corrected chi connectivity index (χ0v) is 19.8. The van der Waals surface area contributed by atoms with Gasteiger partial charge in [-0.1, -0.05) is 54.2 Å². The summed E-state index contributed by atoms with van der Waals surface area (Å²) in [6, 6.07) is 14.2. The lowest BCUT2D eigenvalue weighted by atomic mass is 10.1. The average Bonchev–Trinajstić information content (AvgIpc) is 3.26. The third-order valence-corrected chi connectivity index (χ3v) is 7.01. The summed E-state index contributed by atoms with van der Waals surface area (Å²) < 4.78 is 1.51. The molecule has 0 radical (unpaired) electrons. The summed E-state index contributed by atoms with van der Waals surface area (Å²) in [5.74, 6) is -0.377. The van der Waals surface area contributed by atoms with Gasteiger partial charge in [0.2, 0.25) is 5.91 Å². The van der Waals surface area contributed by atoms with Crippen LogP contribution in [0.1, 0.15) is 5.56 Å². The lowest BCUT2D eigenvalue weighted by Gasteiger charge is -2.11. The van der Waals surface area contributed by atoms with Crippen LogP contribution in [0, 0.1) is 17.0 Å². The largest absolute Gasteiger partial charge is 0.325 e. The molecule has 0 aliphatic heterocycles. The Morgan fingerprint density at radius 2 is 2.03 bits per heavy atom. The summed E-state index contributed by atoms with van der Waals surface area (Å²) in [5.41, 5.74) is 2.25. The monoisotopic (exact) mass is 492 g/mol. The molecule has 0 unspecified atom stereocenters. The summed E-state index contributed by atoms with van der Waals surface area (Å²) in [6.45, 7) is 5.57. The summed E-state index contributed by atoms with van der Waals surface area (Å²) >= 11 is 2.51. The van der Waals surface area contributed by atoms with E-state index in [-0.39, 0.29) is 29.5 Å². The Hall–Kier alpha value is -3.76. The molecule has 34 heavy (non-hydrogen) atoms. The van der Waals surface area contributed by atoms with Crippen LogP contribution in [0.3, 0.4) is 0 Å². The van der Waals surface area contributed by atoms with Gasteiger partial charge in [0.15, 0.2) is 5.16 Å². The van der Waals surface area contributed by atoms with Crippen LogP contribution in [0.4, 0.5) is 11.4 Å². The van der Waals surface area contributed by atoms with Gasteiger partial charge in [-0.3, -0.25) is 24.3 Å². The number of thioether (sulfide) groups is 1. The lowest BCUT2D eigenvalue weighted by Crippen LogP contribution is -2.23. The second kappa shape index (κ2) is 10.0. The maximum Gasteiger partial charge on any atom is 0.274 e. The number of hydrogen-bond acceptors (Lipinski definition) is 7. The number of benzene rings is 2. The Kier molecular flexibility index (Phi) is 6.90. The summed E-state index contributed by atoms with van der Waals surface area (Å²) in [5, 5.41) is 16.7. The van der Waals surface area contributed by atoms with E-state index in [4.69, 9.17) is 0 Å². The van der Waals surface area contributed by atoms with Gasteiger partial charge in [-0.2, -0.15) is 0 Å². The second-order valence-corrected chi connectivity index (χ2v) is 9.14. The number of carbonyl (C=O) groups excluding carboxylic acids is 1. The summed E-state index contributed by atoms with van der Waals surface area (Å²) in [7, 11) is 0. The van der Waals surface area contributed by atoms with Gasteiger partial charge in [0.1, 0.15) is 4.83 Å². The molecule has 2 heterocycles. The van der Waals surface area contributed by atoms with E-state index >= 15 is 0 Å². The third-order valence-electron chi connectivity index (χ3n) is 5.16. The van der Waals surface area contributed by atoms with E-state index in [0.29, 0.717) is 26.6 Å². The fourth-order valence-corrected chi connectivity index (χ4v) is 5.31. The number of carbonyl (C=O) groups is 1. The minimum absolute atomic E-state index is 0.0197. The first-order valence-electron chi connectivity index (χ1n) is 10.3. The predicted octanol–water partition coefficient (Wildman–Crippen LogP) is 5.26. The highest BCUT2D eigenvalue weighted by atomic mass is 32.2. The molecular formula is C24H20N4O4S2. The average molecular weight is 493 g/mol. The Labute approximate surface area is 203 Å². The van der Waals surface area contributed by atoms with Crippen molar-refractivity contribution in [1.82, 2.24) is 9.55 Å². The highest BCUT2D eigenvalue weighted by Crippen LogP contribution is 2.32. The number of allylic oxidation sites excluding steroid dienone is 1. The highest BCUT2D eigenvalue weighted by molar-refractivity contribution is 7.99. The van der Waals surface area contributed by atoms with E-state index in [2.05, 4.69) is 16.9 Å². The first kappa shape index (κ1) is 23.4. The molecule has 2 aromatic carbocycles. The van der Waals surface area contributed by atoms with E-state index in [1.807, 2.05) is 35.7 Å². The number of nitrogens with zero attached hydrogens (tertiary/aromatic N) is 3. The van der Waals surface area contributed by atoms with E-state index in [0.717, 1.165) is 22.9 Å². The molecular weight excluding hydrogens is 472 g/mol. The number of aromatic nitrogens is 2. The Balaban J connectivity index is 1.61. The number of nitro benzene ring substituents is 1. The summed E-state index contributed by atoms with van der Waals surface area (Å²) in [6.07, 6.45) is 1.61. The standard InChI is InChI=1S/C24H20N4O4S2/c1-3-12-27-23(30)21-17(16-8-5-4-6-9-16)13-33-22(21)26-24(27)34-14-20(29)25-18-10-7-11-19(15(18)2)28(31)32/h3-11,13H,1,12,14H2,2H3,(H,25,29). The Morgan fingerprint density at radius 1 is 1.26 bits per heavy atom. The van der Waals surface area contributed by atoms with Crippen molar-refractivity contribution in [3.8, 4) is 11.1 Å². The second-order valence-electron chi connectivity index (χ2n) is 7.34. The van der Waals surface area contributed by atoms with Crippen molar-refractivity contribution in [2.75, 3.05) is 11.1 Å². The highest BCUT2D eigenvalue weighted by Gasteiger charge is 2.19. The number of thiophene rings is 1. The molecule has 8 nitrogen and oxygen atoms in total. The fraction of sp³-hybridized carbons (Fsp3) is 0.125. The molecule has 1 amide bonds.